The highest BCUT2D eigenvalue weighted by atomic mass is 127. The van der Waals surface area contributed by atoms with Gasteiger partial charge in [-0.1, -0.05) is 6.08 Å². The molecule has 0 unspecified atom stereocenters. The standard InChI is InChI=1S/C14H22N4O.HI/c1-6-7-16-14(15-4)18-9-12-11(3)13(19-5)10(2)8-17-12;/h6,8H,1,7,9H2,2-5H3,(H2,15,16,18);1H. The van der Waals surface area contributed by atoms with Crippen molar-refractivity contribution in [1.29, 1.82) is 0 Å². The maximum Gasteiger partial charge on any atom is 0.191 e. The molecule has 20 heavy (non-hydrogen) atoms. The first-order chi connectivity index (χ1) is 9.13. The lowest BCUT2D eigenvalue weighted by molar-refractivity contribution is 0.406. The first-order valence-corrected chi connectivity index (χ1v) is 6.18. The Kier molecular flexibility index (Phi) is 8.94. The van der Waals surface area contributed by atoms with Gasteiger partial charge in [-0.25, -0.2) is 0 Å². The second-order valence-electron chi connectivity index (χ2n) is 4.14. The van der Waals surface area contributed by atoms with Crippen molar-refractivity contribution >= 4 is 29.9 Å². The summed E-state index contributed by atoms with van der Waals surface area (Å²) in [5.74, 6) is 1.61. The normalized spacial score (nSPS) is 10.5. The van der Waals surface area contributed by atoms with Crippen LogP contribution < -0.4 is 15.4 Å². The maximum atomic E-state index is 5.39. The highest BCUT2D eigenvalue weighted by Crippen LogP contribution is 2.23. The monoisotopic (exact) mass is 390 g/mol. The maximum absolute atomic E-state index is 5.39. The minimum absolute atomic E-state index is 0. The summed E-state index contributed by atoms with van der Waals surface area (Å²) in [6.45, 7) is 8.92. The molecule has 0 bridgehead atoms. The minimum Gasteiger partial charge on any atom is -0.496 e. The molecule has 0 saturated heterocycles. The van der Waals surface area contributed by atoms with E-state index in [2.05, 4.69) is 27.2 Å². The molecule has 0 aliphatic carbocycles. The van der Waals surface area contributed by atoms with E-state index in [0.717, 1.165) is 28.5 Å². The van der Waals surface area contributed by atoms with Gasteiger partial charge in [0.05, 0.1) is 19.3 Å². The van der Waals surface area contributed by atoms with Gasteiger partial charge in [-0.2, -0.15) is 0 Å². The van der Waals surface area contributed by atoms with Crippen LogP contribution in [0.2, 0.25) is 0 Å². The number of halogens is 1. The second kappa shape index (κ2) is 9.57. The largest absolute Gasteiger partial charge is 0.496 e. The number of pyridine rings is 1. The minimum atomic E-state index is 0. The van der Waals surface area contributed by atoms with Gasteiger partial charge < -0.3 is 15.4 Å². The van der Waals surface area contributed by atoms with Gasteiger partial charge in [0, 0.05) is 30.9 Å². The van der Waals surface area contributed by atoms with Crippen LogP contribution in [-0.2, 0) is 6.54 Å². The summed E-state index contributed by atoms with van der Waals surface area (Å²) < 4.78 is 5.39. The Balaban J connectivity index is 0.00000361. The number of aryl methyl sites for hydroxylation is 1. The Morgan fingerprint density at radius 3 is 2.70 bits per heavy atom. The number of guanidine groups is 1. The molecule has 0 saturated carbocycles. The van der Waals surface area contributed by atoms with Gasteiger partial charge in [-0.05, 0) is 13.8 Å². The molecule has 0 fully saturated rings. The molecule has 1 aromatic heterocycles. The highest BCUT2D eigenvalue weighted by molar-refractivity contribution is 14.0. The van der Waals surface area contributed by atoms with Crippen LogP contribution in [0.25, 0.3) is 0 Å². The Morgan fingerprint density at radius 1 is 1.45 bits per heavy atom. The lowest BCUT2D eigenvalue weighted by Gasteiger charge is -2.14. The number of aromatic nitrogens is 1. The summed E-state index contributed by atoms with van der Waals surface area (Å²) in [5, 5.41) is 6.32. The summed E-state index contributed by atoms with van der Waals surface area (Å²) in [5.41, 5.74) is 3.04. The zero-order valence-electron chi connectivity index (χ0n) is 12.5. The van der Waals surface area contributed by atoms with E-state index in [4.69, 9.17) is 4.74 Å². The summed E-state index contributed by atoms with van der Waals surface area (Å²) in [4.78, 5) is 8.55. The van der Waals surface area contributed by atoms with Crippen LogP contribution in [0, 0.1) is 13.8 Å². The van der Waals surface area contributed by atoms with Crippen LogP contribution in [0.3, 0.4) is 0 Å². The molecule has 2 N–H and O–H groups in total. The van der Waals surface area contributed by atoms with E-state index in [1.807, 2.05) is 20.0 Å². The number of methoxy groups -OCH3 is 1. The van der Waals surface area contributed by atoms with E-state index < -0.39 is 0 Å². The van der Waals surface area contributed by atoms with Crippen molar-refractivity contribution < 1.29 is 4.74 Å². The number of hydrogen-bond acceptors (Lipinski definition) is 3. The highest BCUT2D eigenvalue weighted by Gasteiger charge is 2.09. The van der Waals surface area contributed by atoms with Crippen molar-refractivity contribution in [2.75, 3.05) is 20.7 Å². The number of aliphatic imine (C=N–C) groups is 1. The summed E-state index contributed by atoms with van der Waals surface area (Å²) >= 11 is 0. The third-order valence-corrected chi connectivity index (χ3v) is 2.81. The predicted molar refractivity (Wildman–Crippen MR) is 94.1 cm³/mol. The quantitative estimate of drug-likeness (QED) is 0.350. The number of ether oxygens (including phenoxy) is 1. The van der Waals surface area contributed by atoms with E-state index in [9.17, 15) is 0 Å². The first kappa shape index (κ1) is 18.7. The molecule has 0 aromatic carbocycles. The smallest absolute Gasteiger partial charge is 0.191 e. The van der Waals surface area contributed by atoms with E-state index in [0.29, 0.717) is 13.1 Å². The van der Waals surface area contributed by atoms with Crippen molar-refractivity contribution in [3.05, 3.63) is 35.7 Å². The number of rotatable bonds is 5. The summed E-state index contributed by atoms with van der Waals surface area (Å²) in [7, 11) is 3.41. The van der Waals surface area contributed by atoms with Gasteiger partial charge in [0.15, 0.2) is 5.96 Å². The molecule has 112 valence electrons. The van der Waals surface area contributed by atoms with Gasteiger partial charge in [0.25, 0.3) is 0 Å². The van der Waals surface area contributed by atoms with Crippen LogP contribution in [0.5, 0.6) is 5.75 Å². The van der Waals surface area contributed by atoms with Gasteiger partial charge in [-0.3, -0.25) is 9.98 Å². The van der Waals surface area contributed by atoms with Crippen molar-refractivity contribution in [2.45, 2.75) is 20.4 Å². The fourth-order valence-electron chi connectivity index (χ4n) is 1.81. The average Bonchev–Trinajstić information content (AvgIpc) is 2.41. The third kappa shape index (κ3) is 4.99. The lowest BCUT2D eigenvalue weighted by Crippen LogP contribution is -2.37. The van der Waals surface area contributed by atoms with E-state index in [-0.39, 0.29) is 24.0 Å². The third-order valence-electron chi connectivity index (χ3n) is 2.81. The summed E-state index contributed by atoms with van der Waals surface area (Å²) in [6.07, 6.45) is 3.61. The van der Waals surface area contributed by atoms with Gasteiger partial charge in [-0.15, -0.1) is 30.6 Å². The van der Waals surface area contributed by atoms with Crippen LogP contribution in [0.4, 0.5) is 0 Å². The summed E-state index contributed by atoms with van der Waals surface area (Å²) in [6, 6.07) is 0. The second-order valence-corrected chi connectivity index (χ2v) is 4.14. The van der Waals surface area contributed by atoms with Crippen molar-refractivity contribution in [1.82, 2.24) is 15.6 Å². The fraction of sp³-hybridized carbons (Fsp3) is 0.429. The molecule has 0 radical (unpaired) electrons. The topological polar surface area (TPSA) is 58.5 Å². The lowest BCUT2D eigenvalue weighted by atomic mass is 10.1. The number of nitrogens with zero attached hydrogens (tertiary/aromatic N) is 2. The molecule has 1 aromatic rings. The average molecular weight is 390 g/mol. The molecular formula is C14H23IN4O. The van der Waals surface area contributed by atoms with Gasteiger partial charge in [0.2, 0.25) is 0 Å². The van der Waals surface area contributed by atoms with Crippen molar-refractivity contribution in [2.24, 2.45) is 4.99 Å². The molecule has 0 aliphatic heterocycles. The van der Waals surface area contributed by atoms with Crippen molar-refractivity contribution in [3.63, 3.8) is 0 Å². The Morgan fingerprint density at radius 2 is 2.15 bits per heavy atom. The van der Waals surface area contributed by atoms with Crippen LogP contribution >= 0.6 is 24.0 Å². The zero-order valence-corrected chi connectivity index (χ0v) is 14.8. The molecule has 0 atom stereocenters. The molecule has 0 aliphatic rings. The zero-order chi connectivity index (χ0) is 14.3. The van der Waals surface area contributed by atoms with Gasteiger partial charge in [0.1, 0.15) is 5.75 Å². The molecular weight excluding hydrogens is 367 g/mol. The Bertz CT molecular complexity index is 474. The molecule has 0 amide bonds. The molecule has 6 heteroatoms. The van der Waals surface area contributed by atoms with Gasteiger partial charge >= 0.3 is 0 Å². The van der Waals surface area contributed by atoms with E-state index >= 15 is 0 Å². The SMILES string of the molecule is C=CCNC(=NC)NCc1ncc(C)c(OC)c1C.I. The predicted octanol–water partition coefficient (Wildman–Crippen LogP) is 2.18. The number of hydrogen-bond donors (Lipinski definition) is 2. The molecule has 1 rings (SSSR count). The van der Waals surface area contributed by atoms with Crippen molar-refractivity contribution in [3.8, 4) is 5.75 Å². The first-order valence-electron chi connectivity index (χ1n) is 6.18. The Hall–Kier alpha value is -1.31. The van der Waals surface area contributed by atoms with Crippen LogP contribution in [0.15, 0.2) is 23.8 Å². The Labute approximate surface area is 137 Å². The number of nitrogens with one attached hydrogen (secondary N) is 2. The van der Waals surface area contributed by atoms with E-state index in [1.165, 1.54) is 0 Å². The molecule has 5 nitrogen and oxygen atoms in total. The van der Waals surface area contributed by atoms with E-state index in [1.54, 1.807) is 20.2 Å². The molecule has 1 heterocycles. The molecule has 0 spiro atoms. The van der Waals surface area contributed by atoms with Crippen LogP contribution in [-0.4, -0.2) is 31.6 Å². The van der Waals surface area contributed by atoms with Crippen LogP contribution in [0.1, 0.15) is 16.8 Å². The fourth-order valence-corrected chi connectivity index (χ4v) is 1.81.